The Balaban J connectivity index is 1.67. The van der Waals surface area contributed by atoms with Gasteiger partial charge in [0, 0.05) is 17.8 Å². The summed E-state index contributed by atoms with van der Waals surface area (Å²) in [5, 5.41) is 8.95. The third kappa shape index (κ3) is 5.77. The second kappa shape index (κ2) is 10.2. The molecule has 0 atom stereocenters. The Kier molecular flexibility index (Phi) is 7.14. The lowest BCUT2D eigenvalue weighted by Gasteiger charge is -2.19. The van der Waals surface area contributed by atoms with Gasteiger partial charge in [-0.25, -0.2) is 0 Å². The Morgan fingerprint density at radius 1 is 0.828 bits per heavy atom. The third-order valence-electron chi connectivity index (χ3n) is 4.48. The van der Waals surface area contributed by atoms with Crippen molar-refractivity contribution in [2.75, 3.05) is 18.4 Å². The summed E-state index contributed by atoms with van der Waals surface area (Å²) in [6, 6.07) is 26.9. The van der Waals surface area contributed by atoms with Gasteiger partial charge in [-0.15, -0.1) is 0 Å². The number of amides is 2. The minimum Gasteiger partial charge on any atom is -0.352 e. The number of hydrogen-bond acceptors (Lipinski definition) is 3. The van der Waals surface area contributed by atoms with E-state index in [1.165, 1.54) is 0 Å². The summed E-state index contributed by atoms with van der Waals surface area (Å²) in [7, 11) is 0. The Bertz CT molecular complexity index is 903. The normalized spacial score (nSPS) is 10.6. The monoisotopic (exact) mass is 387 g/mol. The van der Waals surface area contributed by atoms with Crippen molar-refractivity contribution >= 4 is 17.5 Å². The van der Waals surface area contributed by atoms with Crippen molar-refractivity contribution in [2.45, 2.75) is 13.0 Å². The summed E-state index contributed by atoms with van der Waals surface area (Å²) in [6.07, 6.45) is 0. The molecule has 0 heterocycles. The molecule has 0 radical (unpaired) electrons. The predicted octanol–water partition coefficient (Wildman–Crippen LogP) is 3.75. The minimum atomic E-state index is -0.171. The van der Waals surface area contributed by atoms with E-state index >= 15 is 0 Å². The highest BCUT2D eigenvalue weighted by Crippen LogP contribution is 2.21. The Morgan fingerprint density at radius 2 is 1.45 bits per heavy atom. The van der Waals surface area contributed by atoms with Gasteiger partial charge < -0.3 is 10.6 Å². The second-order valence-corrected chi connectivity index (χ2v) is 6.62. The molecule has 0 fully saturated rings. The zero-order chi connectivity index (χ0) is 20.5. The first-order valence-corrected chi connectivity index (χ1v) is 9.68. The third-order valence-corrected chi connectivity index (χ3v) is 4.48. The molecule has 3 aromatic rings. The van der Waals surface area contributed by atoms with Crippen LogP contribution in [0.5, 0.6) is 0 Å². The number of carbonyl (C=O) groups is 2. The lowest BCUT2D eigenvalue weighted by molar-refractivity contribution is -0.115. The minimum absolute atomic E-state index is 0.0928. The van der Waals surface area contributed by atoms with Gasteiger partial charge in [0.25, 0.3) is 5.91 Å². The Hall–Kier alpha value is -3.44. The molecule has 0 aromatic heterocycles. The topological polar surface area (TPSA) is 70.2 Å². The van der Waals surface area contributed by atoms with E-state index < -0.39 is 0 Å². The zero-order valence-electron chi connectivity index (χ0n) is 16.4. The average molecular weight is 387 g/mol. The van der Waals surface area contributed by atoms with Gasteiger partial charge in [-0.2, -0.15) is 0 Å². The molecular formula is C24H25N3O2. The molecule has 3 aromatic carbocycles. The Labute approximate surface area is 171 Å². The number of hydrogen-bond donors (Lipinski definition) is 3. The molecule has 0 aliphatic rings. The highest BCUT2D eigenvalue weighted by Gasteiger charge is 2.15. The fraction of sp³-hybridized carbons (Fsp3) is 0.167. The quantitative estimate of drug-likeness (QED) is 0.551. The molecule has 2 amide bonds. The predicted molar refractivity (Wildman–Crippen MR) is 116 cm³/mol. The first kappa shape index (κ1) is 20.3. The van der Waals surface area contributed by atoms with E-state index in [1.807, 2.05) is 67.6 Å². The largest absolute Gasteiger partial charge is 0.352 e. The molecule has 0 bridgehead atoms. The molecule has 5 nitrogen and oxygen atoms in total. The van der Waals surface area contributed by atoms with Crippen LogP contribution in [-0.4, -0.2) is 24.9 Å². The van der Waals surface area contributed by atoms with Crippen molar-refractivity contribution in [3.8, 4) is 0 Å². The first-order valence-electron chi connectivity index (χ1n) is 9.68. The fourth-order valence-corrected chi connectivity index (χ4v) is 3.12. The van der Waals surface area contributed by atoms with Crippen LogP contribution in [0.2, 0.25) is 0 Å². The molecule has 29 heavy (non-hydrogen) atoms. The van der Waals surface area contributed by atoms with Crippen LogP contribution >= 0.6 is 0 Å². The summed E-state index contributed by atoms with van der Waals surface area (Å²) in [5.41, 5.74) is 3.29. The van der Waals surface area contributed by atoms with E-state index in [0.717, 1.165) is 11.1 Å². The van der Waals surface area contributed by atoms with E-state index in [-0.39, 0.29) is 24.4 Å². The standard InChI is InChI=1S/C24H25N3O2/c1-2-25-24(29)20-14-9-15-21(16-20)27-22(28)17-26-23(18-10-5-3-6-11-18)19-12-7-4-8-13-19/h3-16,23,26H,2,17H2,1H3,(H,25,29)(H,27,28). The van der Waals surface area contributed by atoms with Crippen LogP contribution in [-0.2, 0) is 4.79 Å². The van der Waals surface area contributed by atoms with Gasteiger partial charge in [-0.3, -0.25) is 14.9 Å². The van der Waals surface area contributed by atoms with E-state index in [9.17, 15) is 9.59 Å². The number of nitrogens with one attached hydrogen (secondary N) is 3. The van der Waals surface area contributed by atoms with E-state index in [0.29, 0.717) is 17.8 Å². The lowest BCUT2D eigenvalue weighted by atomic mass is 9.99. The lowest BCUT2D eigenvalue weighted by Crippen LogP contribution is -2.32. The molecule has 148 valence electrons. The summed E-state index contributed by atoms with van der Waals surface area (Å²) >= 11 is 0. The van der Waals surface area contributed by atoms with Gasteiger partial charge >= 0.3 is 0 Å². The SMILES string of the molecule is CCNC(=O)c1cccc(NC(=O)CNC(c2ccccc2)c2ccccc2)c1. The first-order chi connectivity index (χ1) is 14.2. The van der Waals surface area contributed by atoms with Crippen LogP contribution < -0.4 is 16.0 Å². The highest BCUT2D eigenvalue weighted by atomic mass is 16.2. The van der Waals surface area contributed by atoms with Crippen molar-refractivity contribution in [1.82, 2.24) is 10.6 Å². The number of rotatable bonds is 8. The number of carbonyl (C=O) groups excluding carboxylic acids is 2. The molecule has 0 unspecified atom stereocenters. The summed E-state index contributed by atoms with van der Waals surface area (Å²) in [4.78, 5) is 24.5. The van der Waals surface area contributed by atoms with Crippen molar-refractivity contribution in [3.63, 3.8) is 0 Å². The van der Waals surface area contributed by atoms with Crippen molar-refractivity contribution < 1.29 is 9.59 Å². The summed E-state index contributed by atoms with van der Waals surface area (Å²) < 4.78 is 0. The molecule has 0 spiro atoms. The van der Waals surface area contributed by atoms with Gasteiger partial charge in [0.05, 0.1) is 12.6 Å². The van der Waals surface area contributed by atoms with Gasteiger partial charge in [-0.1, -0.05) is 66.7 Å². The van der Waals surface area contributed by atoms with Crippen LogP contribution in [0.4, 0.5) is 5.69 Å². The molecule has 0 saturated heterocycles. The molecule has 0 saturated carbocycles. The maximum atomic E-state index is 12.5. The maximum absolute atomic E-state index is 12.5. The molecule has 3 rings (SSSR count). The van der Waals surface area contributed by atoms with Crippen molar-refractivity contribution in [1.29, 1.82) is 0 Å². The molecule has 0 aliphatic carbocycles. The van der Waals surface area contributed by atoms with Crippen LogP contribution in [0.1, 0.15) is 34.5 Å². The van der Waals surface area contributed by atoms with Crippen LogP contribution in [0.3, 0.4) is 0 Å². The fourth-order valence-electron chi connectivity index (χ4n) is 3.12. The second-order valence-electron chi connectivity index (χ2n) is 6.62. The van der Waals surface area contributed by atoms with E-state index in [1.54, 1.807) is 24.3 Å². The van der Waals surface area contributed by atoms with Crippen molar-refractivity contribution in [2.24, 2.45) is 0 Å². The van der Waals surface area contributed by atoms with Gasteiger partial charge in [0.2, 0.25) is 5.91 Å². The smallest absolute Gasteiger partial charge is 0.251 e. The van der Waals surface area contributed by atoms with Gasteiger partial charge in [0.15, 0.2) is 0 Å². The van der Waals surface area contributed by atoms with Crippen molar-refractivity contribution in [3.05, 3.63) is 102 Å². The molecular weight excluding hydrogens is 362 g/mol. The van der Waals surface area contributed by atoms with Crippen LogP contribution in [0, 0.1) is 0 Å². The Morgan fingerprint density at radius 3 is 2.03 bits per heavy atom. The zero-order valence-corrected chi connectivity index (χ0v) is 16.4. The maximum Gasteiger partial charge on any atom is 0.251 e. The van der Waals surface area contributed by atoms with E-state index in [4.69, 9.17) is 0 Å². The van der Waals surface area contributed by atoms with Gasteiger partial charge in [-0.05, 0) is 36.2 Å². The number of anilines is 1. The molecule has 5 heteroatoms. The molecule has 0 aliphatic heterocycles. The molecule has 3 N–H and O–H groups in total. The summed E-state index contributed by atoms with van der Waals surface area (Å²) in [6.45, 7) is 2.56. The van der Waals surface area contributed by atoms with E-state index in [2.05, 4.69) is 16.0 Å². The highest BCUT2D eigenvalue weighted by molar-refractivity contribution is 5.97. The van der Waals surface area contributed by atoms with Crippen LogP contribution in [0.15, 0.2) is 84.9 Å². The average Bonchev–Trinajstić information content (AvgIpc) is 2.76. The summed E-state index contributed by atoms with van der Waals surface area (Å²) in [5.74, 6) is -0.329. The van der Waals surface area contributed by atoms with Crippen LogP contribution in [0.25, 0.3) is 0 Å². The van der Waals surface area contributed by atoms with Gasteiger partial charge in [0.1, 0.15) is 0 Å². The number of benzene rings is 3.